The molecule has 1 aliphatic carbocycles. The molecule has 1 saturated carbocycles. The summed E-state index contributed by atoms with van der Waals surface area (Å²) in [7, 11) is 0. The van der Waals surface area contributed by atoms with Gasteiger partial charge >= 0.3 is 0 Å². The number of hydrogen-bond acceptors (Lipinski definition) is 4. The van der Waals surface area contributed by atoms with Crippen LogP contribution >= 0.6 is 0 Å². The molecule has 1 aliphatic heterocycles. The Hall–Kier alpha value is -2.24. The molecule has 17 heavy (non-hydrogen) atoms. The lowest BCUT2D eigenvalue weighted by Crippen LogP contribution is -2.30. The van der Waals surface area contributed by atoms with Crippen molar-refractivity contribution >= 4 is 17.5 Å². The number of nitrogens with one attached hydrogen (secondary N) is 1. The summed E-state index contributed by atoms with van der Waals surface area (Å²) < 4.78 is 0. The highest BCUT2D eigenvalue weighted by molar-refractivity contribution is 6.15. The van der Waals surface area contributed by atoms with E-state index in [2.05, 4.69) is 5.32 Å². The molecule has 1 N–H and O–H groups in total. The molecular formula is C11H8N2O4. The highest BCUT2D eigenvalue weighted by atomic mass is 16.6. The summed E-state index contributed by atoms with van der Waals surface area (Å²) in [5.41, 5.74) is -0.349. The first kappa shape index (κ1) is 9.95. The summed E-state index contributed by atoms with van der Waals surface area (Å²) in [6.07, 6.45) is 0.457. The second-order valence-corrected chi connectivity index (χ2v) is 4.35. The molecule has 0 radical (unpaired) electrons. The molecule has 1 aromatic rings. The fraction of sp³-hybridized carbons (Fsp3) is 0.273. The first-order valence-electron chi connectivity index (χ1n) is 5.16. The van der Waals surface area contributed by atoms with Crippen LogP contribution in [0.15, 0.2) is 24.3 Å². The molecule has 0 spiro atoms. The molecule has 2 aliphatic rings. The minimum absolute atomic E-state index is 0.0605. The molecule has 2 fully saturated rings. The van der Waals surface area contributed by atoms with Gasteiger partial charge in [-0.15, -0.1) is 0 Å². The monoisotopic (exact) mass is 232 g/mol. The molecule has 3 rings (SSSR count). The number of imide groups is 1. The minimum Gasteiger partial charge on any atom is -0.295 e. The summed E-state index contributed by atoms with van der Waals surface area (Å²) in [4.78, 5) is 33.2. The van der Waals surface area contributed by atoms with Gasteiger partial charge in [0.2, 0.25) is 11.8 Å². The largest absolute Gasteiger partial charge is 0.295 e. The first-order chi connectivity index (χ1) is 8.05. The Morgan fingerprint density at radius 3 is 2.71 bits per heavy atom. The van der Waals surface area contributed by atoms with Gasteiger partial charge in [-0.2, -0.15) is 0 Å². The van der Waals surface area contributed by atoms with Gasteiger partial charge in [-0.05, 0) is 12.0 Å². The number of hydrogen-bond donors (Lipinski definition) is 1. The number of fused-ring (bicyclic) bond motifs is 1. The smallest absolute Gasteiger partial charge is 0.269 e. The fourth-order valence-corrected chi connectivity index (χ4v) is 2.49. The third-order valence-electron chi connectivity index (χ3n) is 3.49. The van der Waals surface area contributed by atoms with E-state index in [1.165, 1.54) is 18.2 Å². The van der Waals surface area contributed by atoms with E-state index in [0.29, 0.717) is 12.0 Å². The predicted molar refractivity (Wildman–Crippen MR) is 56.0 cm³/mol. The van der Waals surface area contributed by atoms with Gasteiger partial charge in [0.05, 0.1) is 16.3 Å². The number of nitro groups is 1. The van der Waals surface area contributed by atoms with Crippen molar-refractivity contribution in [3.63, 3.8) is 0 Å². The topological polar surface area (TPSA) is 89.3 Å². The van der Waals surface area contributed by atoms with Gasteiger partial charge in [0, 0.05) is 12.1 Å². The molecular weight excluding hydrogens is 224 g/mol. The molecule has 86 valence electrons. The van der Waals surface area contributed by atoms with Crippen molar-refractivity contribution in [2.24, 2.45) is 5.92 Å². The minimum atomic E-state index is -0.844. The number of piperidine rings is 1. The number of carbonyl (C=O) groups excluding carboxylic acids is 2. The highest BCUT2D eigenvalue weighted by Crippen LogP contribution is 2.57. The standard InChI is InChI=1S/C11H8N2O4/c14-9-8-5-11(8,10(15)12-9)6-2-1-3-7(4-6)13(16)17/h1-4,8H,5H2,(H,12,14,15). The number of non-ortho nitro benzene ring substituents is 1. The van der Waals surface area contributed by atoms with Crippen molar-refractivity contribution in [1.82, 2.24) is 5.32 Å². The van der Waals surface area contributed by atoms with Crippen molar-refractivity contribution in [3.05, 3.63) is 39.9 Å². The number of nitrogens with zero attached hydrogens (tertiary/aromatic N) is 1. The van der Waals surface area contributed by atoms with E-state index in [1.54, 1.807) is 6.07 Å². The average Bonchev–Trinajstić information content (AvgIpc) is 3.00. The lowest BCUT2D eigenvalue weighted by Gasteiger charge is -2.09. The quantitative estimate of drug-likeness (QED) is 0.457. The molecule has 1 heterocycles. The normalized spacial score (nSPS) is 29.8. The zero-order valence-corrected chi connectivity index (χ0v) is 8.67. The molecule has 2 amide bonds. The van der Waals surface area contributed by atoms with Crippen molar-refractivity contribution in [1.29, 1.82) is 0 Å². The van der Waals surface area contributed by atoms with Gasteiger partial charge in [0.15, 0.2) is 0 Å². The summed E-state index contributed by atoms with van der Waals surface area (Å²) in [5.74, 6) is -0.966. The second kappa shape index (κ2) is 2.91. The second-order valence-electron chi connectivity index (χ2n) is 4.35. The summed E-state index contributed by atoms with van der Waals surface area (Å²) in [6, 6.07) is 5.93. The maximum Gasteiger partial charge on any atom is 0.269 e. The highest BCUT2D eigenvalue weighted by Gasteiger charge is 2.69. The molecule has 0 bridgehead atoms. The Bertz CT molecular complexity index is 568. The van der Waals surface area contributed by atoms with Gasteiger partial charge in [-0.1, -0.05) is 12.1 Å². The zero-order valence-electron chi connectivity index (χ0n) is 8.67. The van der Waals surface area contributed by atoms with Crippen molar-refractivity contribution in [2.75, 3.05) is 0 Å². The van der Waals surface area contributed by atoms with Crippen molar-refractivity contribution < 1.29 is 14.5 Å². The Morgan fingerprint density at radius 2 is 2.18 bits per heavy atom. The molecule has 0 aromatic heterocycles. The Labute approximate surface area is 95.8 Å². The number of rotatable bonds is 2. The molecule has 6 heteroatoms. The number of benzene rings is 1. The van der Waals surface area contributed by atoms with Crippen LogP contribution in [-0.2, 0) is 15.0 Å². The van der Waals surface area contributed by atoms with Crippen LogP contribution < -0.4 is 5.32 Å². The SMILES string of the molecule is O=C1NC(=O)C2(c3cccc([N+](=O)[O-])c3)CC12. The van der Waals surface area contributed by atoms with Crippen molar-refractivity contribution in [2.45, 2.75) is 11.8 Å². The maximum atomic E-state index is 11.7. The Morgan fingerprint density at radius 1 is 1.41 bits per heavy atom. The van der Waals surface area contributed by atoms with E-state index in [1.807, 2.05) is 0 Å². The zero-order chi connectivity index (χ0) is 12.2. The van der Waals surface area contributed by atoms with Gasteiger partial charge in [0.1, 0.15) is 0 Å². The van der Waals surface area contributed by atoms with Crippen LogP contribution in [0.2, 0.25) is 0 Å². The van der Waals surface area contributed by atoms with Crippen LogP contribution in [0.4, 0.5) is 5.69 Å². The van der Waals surface area contributed by atoms with Gasteiger partial charge < -0.3 is 0 Å². The van der Waals surface area contributed by atoms with Gasteiger partial charge in [-0.25, -0.2) is 0 Å². The van der Waals surface area contributed by atoms with E-state index in [-0.39, 0.29) is 23.4 Å². The van der Waals surface area contributed by atoms with E-state index >= 15 is 0 Å². The fourth-order valence-electron chi connectivity index (χ4n) is 2.49. The number of amides is 2. The van der Waals surface area contributed by atoms with E-state index in [0.717, 1.165) is 0 Å². The molecule has 6 nitrogen and oxygen atoms in total. The summed E-state index contributed by atoms with van der Waals surface area (Å²) >= 11 is 0. The molecule has 1 aromatic carbocycles. The van der Waals surface area contributed by atoms with E-state index < -0.39 is 10.3 Å². The number of nitro benzene ring substituents is 1. The number of carbonyl (C=O) groups is 2. The van der Waals surface area contributed by atoms with Gasteiger partial charge in [0.25, 0.3) is 5.69 Å². The van der Waals surface area contributed by atoms with E-state index in [4.69, 9.17) is 0 Å². The summed E-state index contributed by atoms with van der Waals surface area (Å²) in [5, 5.41) is 12.9. The lowest BCUT2D eigenvalue weighted by molar-refractivity contribution is -0.384. The van der Waals surface area contributed by atoms with Gasteiger partial charge in [-0.3, -0.25) is 25.0 Å². The van der Waals surface area contributed by atoms with Crippen LogP contribution in [0, 0.1) is 16.0 Å². The Kier molecular flexibility index (Phi) is 1.70. The molecule has 2 atom stereocenters. The van der Waals surface area contributed by atoms with Crippen LogP contribution in [0.1, 0.15) is 12.0 Å². The third-order valence-corrected chi connectivity index (χ3v) is 3.49. The van der Waals surface area contributed by atoms with Crippen LogP contribution in [-0.4, -0.2) is 16.7 Å². The third kappa shape index (κ3) is 1.15. The summed E-state index contributed by atoms with van der Waals surface area (Å²) in [6.45, 7) is 0. The lowest BCUT2D eigenvalue weighted by atomic mass is 9.94. The van der Waals surface area contributed by atoms with Crippen LogP contribution in [0.3, 0.4) is 0 Å². The average molecular weight is 232 g/mol. The van der Waals surface area contributed by atoms with Crippen LogP contribution in [0.5, 0.6) is 0 Å². The first-order valence-corrected chi connectivity index (χ1v) is 5.16. The molecule has 1 saturated heterocycles. The molecule has 2 unspecified atom stereocenters. The van der Waals surface area contributed by atoms with Crippen LogP contribution in [0.25, 0.3) is 0 Å². The van der Waals surface area contributed by atoms with Crippen molar-refractivity contribution in [3.8, 4) is 0 Å². The van der Waals surface area contributed by atoms with E-state index in [9.17, 15) is 19.7 Å². The predicted octanol–water partition coefficient (Wildman–Crippen LogP) is 0.509. The maximum absolute atomic E-state index is 11.7. The Balaban J connectivity index is 2.07.